The van der Waals surface area contributed by atoms with E-state index in [4.69, 9.17) is 4.74 Å². The number of carbonyl (C=O) groups excluding carboxylic acids is 1. The molecule has 0 saturated carbocycles. The lowest BCUT2D eigenvalue weighted by atomic mass is 10.3. The number of rotatable bonds is 6. The largest absolute Gasteiger partial charge is 0.398 e. The van der Waals surface area contributed by atoms with Crippen LogP contribution in [-0.2, 0) is 4.74 Å². The standard InChI is InChI=1S/C14H19F3N2O2S/c1-10(8-21-3)19(2)13(20)18-11-6-4-5-7-12(11)22-9-14(15,16)17/h4-7,10H,8-9H2,1-3H3,(H,18,20). The molecular formula is C14H19F3N2O2S. The van der Waals surface area contributed by atoms with Gasteiger partial charge in [0.2, 0.25) is 0 Å². The van der Waals surface area contributed by atoms with E-state index >= 15 is 0 Å². The molecule has 1 atom stereocenters. The molecule has 1 N–H and O–H groups in total. The third kappa shape index (κ3) is 6.15. The van der Waals surface area contributed by atoms with Crippen LogP contribution in [0.3, 0.4) is 0 Å². The van der Waals surface area contributed by atoms with Gasteiger partial charge in [0, 0.05) is 19.1 Å². The van der Waals surface area contributed by atoms with Crippen molar-refractivity contribution in [2.45, 2.75) is 24.0 Å². The van der Waals surface area contributed by atoms with E-state index in [1.807, 2.05) is 6.92 Å². The minimum Gasteiger partial charge on any atom is -0.383 e. The molecule has 1 aromatic rings. The number of nitrogens with zero attached hydrogens (tertiary/aromatic N) is 1. The van der Waals surface area contributed by atoms with Gasteiger partial charge in [0.05, 0.1) is 24.1 Å². The third-order valence-electron chi connectivity index (χ3n) is 2.91. The fourth-order valence-electron chi connectivity index (χ4n) is 1.61. The molecule has 22 heavy (non-hydrogen) atoms. The van der Waals surface area contributed by atoms with Gasteiger partial charge in [-0.2, -0.15) is 13.2 Å². The molecule has 1 unspecified atom stereocenters. The normalized spacial score (nSPS) is 12.8. The summed E-state index contributed by atoms with van der Waals surface area (Å²) in [5.74, 6) is -1.00. The first kappa shape index (κ1) is 18.6. The molecule has 0 heterocycles. The SMILES string of the molecule is COCC(C)N(C)C(=O)Nc1ccccc1SCC(F)(F)F. The van der Waals surface area contributed by atoms with E-state index in [9.17, 15) is 18.0 Å². The van der Waals surface area contributed by atoms with Crippen LogP contribution in [0.2, 0.25) is 0 Å². The van der Waals surface area contributed by atoms with E-state index < -0.39 is 18.0 Å². The fraction of sp³-hybridized carbons (Fsp3) is 0.500. The van der Waals surface area contributed by atoms with Crippen LogP contribution in [-0.4, -0.2) is 49.7 Å². The highest BCUT2D eigenvalue weighted by molar-refractivity contribution is 7.99. The average molecular weight is 336 g/mol. The molecule has 0 aliphatic heterocycles. The van der Waals surface area contributed by atoms with Gasteiger partial charge in [-0.3, -0.25) is 0 Å². The van der Waals surface area contributed by atoms with Crippen molar-refractivity contribution in [1.82, 2.24) is 4.90 Å². The fourth-order valence-corrected chi connectivity index (χ4v) is 2.38. The van der Waals surface area contributed by atoms with E-state index in [2.05, 4.69) is 5.32 Å². The lowest BCUT2D eigenvalue weighted by Gasteiger charge is -2.25. The van der Waals surface area contributed by atoms with Crippen LogP contribution in [0.5, 0.6) is 0 Å². The van der Waals surface area contributed by atoms with Gasteiger partial charge in [-0.05, 0) is 19.1 Å². The zero-order valence-electron chi connectivity index (χ0n) is 12.6. The molecule has 0 saturated heterocycles. The second kappa shape index (κ2) is 8.28. The predicted octanol–water partition coefficient (Wildman–Crippen LogP) is 3.84. The van der Waals surface area contributed by atoms with E-state index in [0.717, 1.165) is 0 Å². The number of benzene rings is 1. The predicted molar refractivity (Wildman–Crippen MR) is 81.3 cm³/mol. The van der Waals surface area contributed by atoms with Gasteiger partial charge in [-0.25, -0.2) is 4.79 Å². The highest BCUT2D eigenvalue weighted by Crippen LogP contribution is 2.32. The lowest BCUT2D eigenvalue weighted by molar-refractivity contribution is -0.105. The van der Waals surface area contributed by atoms with Crippen LogP contribution in [0, 0.1) is 0 Å². The highest BCUT2D eigenvalue weighted by atomic mass is 32.2. The summed E-state index contributed by atoms with van der Waals surface area (Å²) >= 11 is 0.643. The van der Waals surface area contributed by atoms with Crippen LogP contribution in [0.25, 0.3) is 0 Å². The molecule has 0 aromatic heterocycles. The Balaban J connectivity index is 2.74. The molecule has 0 aliphatic carbocycles. The van der Waals surface area contributed by atoms with Gasteiger partial charge in [-0.15, -0.1) is 11.8 Å². The maximum Gasteiger partial charge on any atom is 0.398 e. The number of methoxy groups -OCH3 is 1. The van der Waals surface area contributed by atoms with Crippen molar-refractivity contribution in [3.05, 3.63) is 24.3 Å². The van der Waals surface area contributed by atoms with Gasteiger partial charge in [-0.1, -0.05) is 12.1 Å². The Morgan fingerprint density at radius 1 is 1.41 bits per heavy atom. The molecular weight excluding hydrogens is 317 g/mol. The quantitative estimate of drug-likeness (QED) is 0.803. The Bertz CT molecular complexity index is 497. The van der Waals surface area contributed by atoms with Crippen molar-refractivity contribution in [1.29, 1.82) is 0 Å². The maximum atomic E-state index is 12.3. The Hall–Kier alpha value is -1.41. The second-order valence-corrected chi connectivity index (χ2v) is 5.76. The summed E-state index contributed by atoms with van der Waals surface area (Å²) in [6.45, 7) is 2.18. The molecule has 0 spiro atoms. The zero-order valence-corrected chi connectivity index (χ0v) is 13.4. The third-order valence-corrected chi connectivity index (χ3v) is 4.05. The van der Waals surface area contributed by atoms with Gasteiger partial charge in [0.1, 0.15) is 0 Å². The zero-order chi connectivity index (χ0) is 16.8. The van der Waals surface area contributed by atoms with Crippen LogP contribution in [0.15, 0.2) is 29.2 Å². The van der Waals surface area contributed by atoms with Gasteiger partial charge in [0.25, 0.3) is 0 Å². The van der Waals surface area contributed by atoms with Crippen molar-refractivity contribution in [2.75, 3.05) is 31.8 Å². The second-order valence-electron chi connectivity index (χ2n) is 4.75. The molecule has 0 aliphatic rings. The van der Waals surface area contributed by atoms with E-state index in [1.54, 1.807) is 31.3 Å². The summed E-state index contributed by atoms with van der Waals surface area (Å²) in [5, 5.41) is 2.63. The minimum atomic E-state index is -4.26. The minimum absolute atomic E-state index is 0.153. The van der Waals surface area contributed by atoms with Crippen molar-refractivity contribution in [3.8, 4) is 0 Å². The van der Waals surface area contributed by atoms with Crippen molar-refractivity contribution in [2.24, 2.45) is 0 Å². The lowest BCUT2D eigenvalue weighted by Crippen LogP contribution is -2.40. The number of nitrogens with one attached hydrogen (secondary N) is 1. The highest BCUT2D eigenvalue weighted by Gasteiger charge is 2.28. The molecule has 0 fully saturated rings. The van der Waals surface area contributed by atoms with E-state index in [-0.39, 0.29) is 6.04 Å². The number of urea groups is 1. The molecule has 1 rings (SSSR count). The number of anilines is 1. The Morgan fingerprint density at radius 3 is 2.64 bits per heavy atom. The van der Waals surface area contributed by atoms with Crippen LogP contribution >= 0.6 is 11.8 Å². The number of ether oxygens (including phenoxy) is 1. The molecule has 4 nitrogen and oxygen atoms in total. The summed E-state index contributed by atoms with van der Waals surface area (Å²) in [7, 11) is 3.13. The van der Waals surface area contributed by atoms with Crippen LogP contribution in [0.1, 0.15) is 6.92 Å². The molecule has 2 amide bonds. The van der Waals surface area contributed by atoms with Gasteiger partial charge in [0.15, 0.2) is 0 Å². The van der Waals surface area contributed by atoms with Crippen molar-refractivity contribution >= 4 is 23.5 Å². The number of carbonyl (C=O) groups is 1. The molecule has 1 aromatic carbocycles. The molecule has 8 heteroatoms. The Labute approximate surface area is 132 Å². The number of alkyl halides is 3. The number of thioether (sulfide) groups is 1. The van der Waals surface area contributed by atoms with Crippen LogP contribution in [0.4, 0.5) is 23.7 Å². The first-order chi connectivity index (χ1) is 10.2. The van der Waals surface area contributed by atoms with E-state index in [1.165, 1.54) is 12.0 Å². The van der Waals surface area contributed by atoms with Crippen LogP contribution < -0.4 is 5.32 Å². The number of hydrogen-bond donors (Lipinski definition) is 1. The first-order valence-electron chi connectivity index (χ1n) is 6.56. The van der Waals surface area contributed by atoms with E-state index in [0.29, 0.717) is 29.0 Å². The number of hydrogen-bond acceptors (Lipinski definition) is 3. The van der Waals surface area contributed by atoms with Gasteiger partial charge >= 0.3 is 12.2 Å². The monoisotopic (exact) mass is 336 g/mol. The average Bonchev–Trinajstić information content (AvgIpc) is 2.44. The molecule has 0 radical (unpaired) electrons. The van der Waals surface area contributed by atoms with Crippen molar-refractivity contribution < 1.29 is 22.7 Å². The molecule has 124 valence electrons. The smallest absolute Gasteiger partial charge is 0.383 e. The van der Waals surface area contributed by atoms with Crippen molar-refractivity contribution in [3.63, 3.8) is 0 Å². The first-order valence-corrected chi connectivity index (χ1v) is 7.54. The summed E-state index contributed by atoms with van der Waals surface area (Å²) in [5.41, 5.74) is 0.359. The van der Waals surface area contributed by atoms with Gasteiger partial charge < -0.3 is 15.0 Å². The number of amides is 2. The molecule has 0 bridgehead atoms. The Morgan fingerprint density at radius 2 is 2.05 bits per heavy atom. The summed E-state index contributed by atoms with van der Waals surface area (Å²) in [6.07, 6.45) is -4.26. The number of likely N-dealkylation sites (N-methyl/N-ethyl adjacent to an activating group) is 1. The maximum absolute atomic E-state index is 12.3. The number of para-hydroxylation sites is 1. The number of halogens is 3. The topological polar surface area (TPSA) is 41.6 Å². The summed E-state index contributed by atoms with van der Waals surface area (Å²) in [6, 6.07) is 5.86. The summed E-state index contributed by atoms with van der Waals surface area (Å²) in [4.78, 5) is 13.9. The summed E-state index contributed by atoms with van der Waals surface area (Å²) < 4.78 is 41.9. The Kier molecular flexibility index (Phi) is 7.02.